The molecule has 0 amide bonds. The molecule has 4 heteroatoms. The van der Waals surface area contributed by atoms with Crippen LogP contribution in [0.25, 0.3) is 0 Å². The van der Waals surface area contributed by atoms with E-state index in [-0.39, 0.29) is 11.0 Å². The van der Waals surface area contributed by atoms with Crippen LogP contribution in [-0.2, 0) is 21.3 Å². The van der Waals surface area contributed by atoms with E-state index < -0.39 is 0 Å². The molecule has 1 aromatic carbocycles. The van der Waals surface area contributed by atoms with Crippen molar-refractivity contribution >= 4 is 0 Å². The van der Waals surface area contributed by atoms with Crippen LogP contribution in [0.5, 0.6) is 5.75 Å². The maximum atomic E-state index is 6.22. The van der Waals surface area contributed by atoms with Gasteiger partial charge in [0.15, 0.2) is 0 Å². The van der Waals surface area contributed by atoms with Crippen molar-refractivity contribution in [3.8, 4) is 5.75 Å². The van der Waals surface area contributed by atoms with Crippen molar-refractivity contribution in [1.82, 2.24) is 4.90 Å². The average Bonchev–Trinajstić information content (AvgIpc) is 2.50. The first-order chi connectivity index (χ1) is 10.1. The number of likely N-dealkylation sites (N-methyl/N-ethyl adjacent to an activating group) is 1. The highest BCUT2D eigenvalue weighted by Crippen LogP contribution is 2.54. The topological polar surface area (TPSA) is 30.9 Å². The summed E-state index contributed by atoms with van der Waals surface area (Å²) in [6, 6.07) is 6.90. The minimum Gasteiger partial charge on any atom is -0.497 e. The van der Waals surface area contributed by atoms with Gasteiger partial charge in [0.2, 0.25) is 0 Å². The monoisotopic (exact) mass is 289 g/mol. The van der Waals surface area contributed by atoms with E-state index in [1.807, 2.05) is 0 Å². The number of nitrogens with zero attached hydrogens (tertiary/aromatic N) is 1. The SMILES string of the molecule is COc1ccc2c(c1)[C@]13CCN(C)[C@H](C2)[C@]1(C)OCOC3. The predicted octanol–water partition coefficient (Wildman–Crippen LogP) is 1.96. The number of hydrogen-bond donors (Lipinski definition) is 0. The Morgan fingerprint density at radius 1 is 1.38 bits per heavy atom. The van der Waals surface area contributed by atoms with Crippen molar-refractivity contribution in [2.45, 2.75) is 36.8 Å². The molecule has 4 rings (SSSR count). The van der Waals surface area contributed by atoms with Gasteiger partial charge in [-0.2, -0.15) is 0 Å². The molecule has 0 saturated carbocycles. The molecule has 2 bridgehead atoms. The Labute approximate surface area is 126 Å². The van der Waals surface area contributed by atoms with Crippen LogP contribution in [0.15, 0.2) is 18.2 Å². The summed E-state index contributed by atoms with van der Waals surface area (Å²) in [5.41, 5.74) is 2.55. The van der Waals surface area contributed by atoms with Gasteiger partial charge in [0.1, 0.15) is 12.5 Å². The van der Waals surface area contributed by atoms with Gasteiger partial charge in [-0.3, -0.25) is 0 Å². The average molecular weight is 289 g/mol. The number of piperidine rings is 1. The minimum atomic E-state index is -0.183. The summed E-state index contributed by atoms with van der Waals surface area (Å²) in [4.78, 5) is 2.46. The molecule has 2 heterocycles. The van der Waals surface area contributed by atoms with Gasteiger partial charge < -0.3 is 19.1 Å². The summed E-state index contributed by atoms with van der Waals surface area (Å²) in [6.45, 7) is 4.51. The molecule has 1 aromatic rings. The molecule has 0 radical (unpaired) electrons. The second-order valence-corrected chi connectivity index (χ2v) is 6.77. The zero-order valence-electron chi connectivity index (χ0n) is 13.0. The van der Waals surface area contributed by atoms with E-state index in [4.69, 9.17) is 14.2 Å². The second-order valence-electron chi connectivity index (χ2n) is 6.77. The molecule has 0 N–H and O–H groups in total. The van der Waals surface area contributed by atoms with Crippen LogP contribution in [0.1, 0.15) is 24.5 Å². The Morgan fingerprint density at radius 2 is 2.24 bits per heavy atom. The van der Waals surface area contributed by atoms with Crippen LogP contribution < -0.4 is 4.74 Å². The molecule has 4 nitrogen and oxygen atoms in total. The lowest BCUT2D eigenvalue weighted by Gasteiger charge is -2.63. The predicted molar refractivity (Wildman–Crippen MR) is 79.7 cm³/mol. The molecule has 2 saturated heterocycles. The highest BCUT2D eigenvalue weighted by Gasteiger charge is 2.63. The second kappa shape index (κ2) is 4.45. The summed E-state index contributed by atoms with van der Waals surface area (Å²) in [6.07, 6.45) is 2.10. The van der Waals surface area contributed by atoms with Crippen molar-refractivity contribution in [3.05, 3.63) is 29.3 Å². The van der Waals surface area contributed by atoms with E-state index in [0.717, 1.165) is 31.7 Å². The number of methoxy groups -OCH3 is 1. The van der Waals surface area contributed by atoms with Crippen LogP contribution in [0.4, 0.5) is 0 Å². The summed E-state index contributed by atoms with van der Waals surface area (Å²) < 4.78 is 17.4. The molecular formula is C17H23NO3. The number of rotatable bonds is 1. The number of ether oxygens (including phenoxy) is 3. The van der Waals surface area contributed by atoms with Crippen molar-refractivity contribution in [2.24, 2.45) is 0 Å². The molecule has 1 aliphatic carbocycles. The molecular weight excluding hydrogens is 266 g/mol. The standard InChI is InChI=1S/C17H23NO3/c1-16-15-8-12-4-5-13(19-3)9-14(12)17(16,6-7-18(15)2)10-20-11-21-16/h4-5,9,15H,6-8,10-11H2,1-3H3/t15-,16+,17-/m1/s1. The molecule has 3 aliphatic rings. The van der Waals surface area contributed by atoms with Gasteiger partial charge in [0.25, 0.3) is 0 Å². The third-order valence-electron chi connectivity index (χ3n) is 6.05. The number of benzene rings is 1. The molecule has 21 heavy (non-hydrogen) atoms. The van der Waals surface area contributed by atoms with Gasteiger partial charge >= 0.3 is 0 Å². The van der Waals surface area contributed by atoms with Gasteiger partial charge in [-0.15, -0.1) is 0 Å². The van der Waals surface area contributed by atoms with E-state index >= 15 is 0 Å². The van der Waals surface area contributed by atoms with Crippen molar-refractivity contribution in [3.63, 3.8) is 0 Å². The largest absolute Gasteiger partial charge is 0.497 e. The van der Waals surface area contributed by atoms with E-state index in [1.54, 1.807) is 7.11 Å². The van der Waals surface area contributed by atoms with Crippen LogP contribution in [0, 0.1) is 0 Å². The summed E-state index contributed by atoms with van der Waals surface area (Å²) in [5, 5.41) is 0. The first-order valence-corrected chi connectivity index (χ1v) is 7.70. The maximum Gasteiger partial charge on any atom is 0.147 e. The molecule has 2 fully saturated rings. The van der Waals surface area contributed by atoms with Gasteiger partial charge in [-0.25, -0.2) is 0 Å². The minimum absolute atomic E-state index is 0.0510. The fraction of sp³-hybridized carbons (Fsp3) is 0.647. The summed E-state index contributed by atoms with van der Waals surface area (Å²) in [5.74, 6) is 0.924. The van der Waals surface area contributed by atoms with E-state index in [1.165, 1.54) is 11.1 Å². The lowest BCUT2D eigenvalue weighted by Crippen LogP contribution is -2.73. The Balaban J connectivity index is 1.94. The van der Waals surface area contributed by atoms with E-state index in [0.29, 0.717) is 12.8 Å². The highest BCUT2D eigenvalue weighted by atomic mass is 16.7. The van der Waals surface area contributed by atoms with Crippen LogP contribution in [-0.4, -0.2) is 50.6 Å². The fourth-order valence-electron chi connectivity index (χ4n) is 4.69. The zero-order valence-corrected chi connectivity index (χ0v) is 13.0. The number of fused-ring (bicyclic) bond motifs is 1. The smallest absolute Gasteiger partial charge is 0.147 e. The summed E-state index contributed by atoms with van der Waals surface area (Å²) in [7, 11) is 3.94. The first-order valence-electron chi connectivity index (χ1n) is 7.70. The van der Waals surface area contributed by atoms with E-state index in [9.17, 15) is 0 Å². The lowest BCUT2D eigenvalue weighted by molar-refractivity contribution is -0.271. The van der Waals surface area contributed by atoms with Crippen molar-refractivity contribution in [2.75, 3.05) is 34.1 Å². The van der Waals surface area contributed by atoms with Crippen molar-refractivity contribution in [1.29, 1.82) is 0 Å². The zero-order chi connectivity index (χ0) is 14.7. The normalized spacial score (nSPS) is 38.5. The quantitative estimate of drug-likeness (QED) is 0.791. The molecule has 3 atom stereocenters. The third-order valence-corrected chi connectivity index (χ3v) is 6.05. The lowest BCUT2D eigenvalue weighted by atomic mass is 9.55. The van der Waals surface area contributed by atoms with Gasteiger partial charge in [-0.1, -0.05) is 6.07 Å². The van der Waals surface area contributed by atoms with E-state index in [2.05, 4.69) is 37.1 Å². The molecule has 114 valence electrons. The Kier molecular flexibility index (Phi) is 2.87. The Bertz CT molecular complexity index is 575. The third kappa shape index (κ3) is 1.61. The van der Waals surface area contributed by atoms with Gasteiger partial charge in [0.05, 0.1) is 24.7 Å². The summed E-state index contributed by atoms with van der Waals surface area (Å²) >= 11 is 0. The highest BCUT2D eigenvalue weighted by molar-refractivity contribution is 5.48. The Morgan fingerprint density at radius 3 is 3.05 bits per heavy atom. The molecule has 0 aromatic heterocycles. The fourth-order valence-corrected chi connectivity index (χ4v) is 4.69. The molecule has 0 unspecified atom stereocenters. The van der Waals surface area contributed by atoms with Crippen LogP contribution in [0.2, 0.25) is 0 Å². The first kappa shape index (κ1) is 13.6. The molecule has 2 aliphatic heterocycles. The number of likely N-dealkylation sites (tertiary alicyclic amines) is 1. The van der Waals surface area contributed by atoms with Gasteiger partial charge in [-0.05, 0) is 56.6 Å². The van der Waals surface area contributed by atoms with Crippen LogP contribution >= 0.6 is 0 Å². The van der Waals surface area contributed by atoms with Crippen molar-refractivity contribution < 1.29 is 14.2 Å². The number of hydrogen-bond acceptors (Lipinski definition) is 4. The van der Waals surface area contributed by atoms with Crippen LogP contribution in [0.3, 0.4) is 0 Å². The molecule has 0 spiro atoms. The maximum absolute atomic E-state index is 6.22. The van der Waals surface area contributed by atoms with Gasteiger partial charge in [0, 0.05) is 6.04 Å². The Hall–Kier alpha value is -1.10.